The van der Waals surface area contributed by atoms with Gasteiger partial charge in [-0.2, -0.15) is 0 Å². The Labute approximate surface area is 206 Å². The summed E-state index contributed by atoms with van der Waals surface area (Å²) in [5.74, 6) is -3.79. The van der Waals surface area contributed by atoms with Crippen molar-refractivity contribution in [3.8, 4) is 0 Å². The minimum absolute atomic E-state index is 0.0208. The second-order valence-corrected chi connectivity index (χ2v) is 20.5. The van der Waals surface area contributed by atoms with Gasteiger partial charge in [0.25, 0.3) is 5.91 Å². The number of likely N-dealkylation sites (tertiary alicyclic amines) is 1. The monoisotopic (exact) mass is 517 g/mol. The predicted octanol–water partition coefficient (Wildman–Crippen LogP) is 3.44. The van der Waals surface area contributed by atoms with E-state index in [0.29, 0.717) is 5.54 Å². The number of ether oxygens (including phenoxy) is 3. The van der Waals surface area contributed by atoms with E-state index in [0.717, 1.165) is 4.90 Å². The lowest BCUT2D eigenvalue weighted by atomic mass is 9.93. The highest BCUT2D eigenvalue weighted by molar-refractivity contribution is 6.73. The summed E-state index contributed by atoms with van der Waals surface area (Å²) in [5, 5.41) is 0. The second-order valence-electron chi connectivity index (χ2n) is 11.2. The minimum atomic E-state index is -2.29. The van der Waals surface area contributed by atoms with Gasteiger partial charge in [0.05, 0.1) is 25.4 Å². The van der Waals surface area contributed by atoms with E-state index in [1.54, 1.807) is 20.8 Å². The number of hydrogen-bond donors (Lipinski definition) is 0. The summed E-state index contributed by atoms with van der Waals surface area (Å²) in [6, 6.07) is -0.848. The smallest absolute Gasteiger partial charge is 0.397 e. The van der Waals surface area contributed by atoms with E-state index in [4.69, 9.17) is 23.1 Å². The molecule has 0 aromatic heterocycles. The van der Waals surface area contributed by atoms with Gasteiger partial charge >= 0.3 is 11.9 Å². The molecule has 2 fully saturated rings. The third-order valence-electron chi connectivity index (χ3n) is 7.16. The highest BCUT2D eigenvalue weighted by Crippen LogP contribution is 2.40. The fraction of sp³-hybridized carbons (Fsp3) is 0.870. The average Bonchev–Trinajstić information content (AvgIpc) is 3.04. The van der Waals surface area contributed by atoms with Gasteiger partial charge < -0.3 is 23.1 Å². The lowest BCUT2D eigenvalue weighted by molar-refractivity contribution is -0.177. The number of nitrogens with zero attached hydrogens (tertiary/aromatic N) is 1. The third kappa shape index (κ3) is 6.17. The Bertz CT molecular complexity index is 783. The zero-order valence-corrected chi connectivity index (χ0v) is 24.6. The Morgan fingerprint density at radius 2 is 1.59 bits per heavy atom. The molecule has 2 aliphatic rings. The molecule has 2 aliphatic heterocycles. The Kier molecular flexibility index (Phi) is 8.97. The fourth-order valence-corrected chi connectivity index (χ4v) is 5.90. The van der Waals surface area contributed by atoms with Crippen LogP contribution in [-0.4, -0.2) is 82.7 Å². The van der Waals surface area contributed by atoms with Crippen molar-refractivity contribution in [3.63, 3.8) is 0 Å². The summed E-state index contributed by atoms with van der Waals surface area (Å²) in [6.45, 7) is 21.8. The van der Waals surface area contributed by atoms with Gasteiger partial charge in [0.1, 0.15) is 6.10 Å². The van der Waals surface area contributed by atoms with Crippen molar-refractivity contribution in [1.82, 2.24) is 4.90 Å². The number of amides is 2. The first-order valence-electron chi connectivity index (χ1n) is 12.2. The van der Waals surface area contributed by atoms with Crippen LogP contribution in [0.1, 0.15) is 48.5 Å². The molecule has 2 heterocycles. The Morgan fingerprint density at radius 3 is 2.09 bits per heavy atom. The van der Waals surface area contributed by atoms with E-state index in [1.165, 1.54) is 0 Å². The van der Waals surface area contributed by atoms with Gasteiger partial charge in [-0.15, -0.1) is 0 Å². The summed E-state index contributed by atoms with van der Waals surface area (Å²) in [7, 11) is -4.43. The molecule has 0 aromatic rings. The summed E-state index contributed by atoms with van der Waals surface area (Å²) >= 11 is 0. The van der Waals surface area contributed by atoms with Gasteiger partial charge in [-0.1, -0.05) is 27.7 Å². The predicted molar refractivity (Wildman–Crippen MR) is 132 cm³/mol. The van der Waals surface area contributed by atoms with Crippen LogP contribution in [0.2, 0.25) is 37.3 Å². The molecule has 11 heteroatoms. The molecule has 4 atom stereocenters. The normalized spacial score (nSPS) is 27.3. The zero-order chi connectivity index (χ0) is 26.2. The molecule has 2 rings (SSSR count). The first kappa shape index (κ1) is 29.1. The molecule has 0 radical (unpaired) electrons. The number of carbonyl (C=O) groups excluding carboxylic acids is 3. The van der Waals surface area contributed by atoms with Gasteiger partial charge in [0, 0.05) is 0 Å². The van der Waals surface area contributed by atoms with Crippen molar-refractivity contribution < 1.29 is 37.4 Å². The van der Waals surface area contributed by atoms with Crippen LogP contribution in [0.15, 0.2) is 0 Å². The number of piperidine rings is 1. The number of fused-ring (bicyclic) bond motifs is 1. The lowest BCUT2D eigenvalue weighted by Crippen LogP contribution is -2.69. The lowest BCUT2D eigenvalue weighted by Gasteiger charge is -2.47. The molecule has 0 spiro atoms. The van der Waals surface area contributed by atoms with Crippen LogP contribution < -0.4 is 0 Å². The van der Waals surface area contributed by atoms with E-state index in [1.807, 2.05) is 0 Å². The first-order chi connectivity index (χ1) is 15.4. The maximum absolute atomic E-state index is 13.6. The minimum Gasteiger partial charge on any atom is -0.459 e. The topological polar surface area (TPSA) is 101 Å². The number of carbonyl (C=O) groups is 3. The van der Waals surface area contributed by atoms with Crippen molar-refractivity contribution >= 4 is 34.4 Å². The van der Waals surface area contributed by atoms with Crippen LogP contribution in [0.25, 0.3) is 0 Å². The summed E-state index contributed by atoms with van der Waals surface area (Å²) in [5.41, 5.74) is 0.566. The average molecular weight is 518 g/mol. The molecule has 196 valence electrons. The largest absolute Gasteiger partial charge is 0.459 e. The molecule has 9 nitrogen and oxygen atoms in total. The van der Waals surface area contributed by atoms with Crippen molar-refractivity contribution in [2.75, 3.05) is 13.2 Å². The fourth-order valence-electron chi connectivity index (χ4n) is 3.70. The van der Waals surface area contributed by atoms with E-state index in [9.17, 15) is 14.4 Å². The SMILES string of the molecule is CCOC(=O)C(=O)N1C(=O)[C@H]2OC(C)(C)O[C@H]2[C@H](O[Si](C)(C)C(C)C)[C@H]1CO[Si](C)(C)C(C)C. The van der Waals surface area contributed by atoms with Crippen LogP contribution in [0, 0.1) is 0 Å². The molecule has 0 saturated carbocycles. The summed E-state index contributed by atoms with van der Waals surface area (Å²) < 4.78 is 30.1. The van der Waals surface area contributed by atoms with E-state index >= 15 is 0 Å². The van der Waals surface area contributed by atoms with Crippen molar-refractivity contribution in [1.29, 1.82) is 0 Å². The molecule has 0 aliphatic carbocycles. The molecular weight excluding hydrogens is 474 g/mol. The van der Waals surface area contributed by atoms with Crippen LogP contribution in [-0.2, 0) is 37.4 Å². The number of hydrogen-bond acceptors (Lipinski definition) is 8. The maximum Gasteiger partial charge on any atom is 0.397 e. The van der Waals surface area contributed by atoms with E-state index in [2.05, 4.69) is 53.9 Å². The number of imide groups is 1. The van der Waals surface area contributed by atoms with Crippen molar-refractivity contribution in [2.24, 2.45) is 0 Å². The van der Waals surface area contributed by atoms with Crippen LogP contribution in [0.4, 0.5) is 0 Å². The van der Waals surface area contributed by atoms with Crippen LogP contribution in [0.3, 0.4) is 0 Å². The molecular formula is C23H43NO8Si2. The second kappa shape index (κ2) is 10.5. The molecule has 2 amide bonds. The van der Waals surface area contributed by atoms with Gasteiger partial charge in [0.2, 0.25) is 0 Å². The van der Waals surface area contributed by atoms with E-state index in [-0.39, 0.29) is 18.8 Å². The maximum atomic E-state index is 13.6. The third-order valence-corrected chi connectivity index (χ3v) is 14.5. The molecule has 0 bridgehead atoms. The zero-order valence-electron chi connectivity index (χ0n) is 22.6. The van der Waals surface area contributed by atoms with Gasteiger partial charge in [-0.25, -0.2) is 4.79 Å². The van der Waals surface area contributed by atoms with E-state index < -0.39 is 64.6 Å². The van der Waals surface area contributed by atoms with Crippen LogP contribution >= 0.6 is 0 Å². The first-order valence-corrected chi connectivity index (χ1v) is 18.1. The van der Waals surface area contributed by atoms with Gasteiger partial charge in [-0.3, -0.25) is 14.5 Å². The summed E-state index contributed by atoms with van der Waals surface area (Å²) in [6.07, 6.45) is -2.50. The molecule has 0 unspecified atom stereocenters. The standard InChI is InChI=1S/C23H43NO8Si2/c1-12-28-22(27)21(26)24-16(13-29-33(8,9)14(2)3)17(32-34(10,11)15(4)5)18-19(20(24)25)31-23(6,7)30-18/h14-19H,12-13H2,1-11H3/t16-,17-,18+,19+/m1/s1. The molecule has 0 N–H and O–H groups in total. The molecule has 34 heavy (non-hydrogen) atoms. The van der Waals surface area contributed by atoms with Gasteiger partial charge in [0.15, 0.2) is 28.5 Å². The Balaban J connectivity index is 2.57. The number of rotatable bonds is 8. The van der Waals surface area contributed by atoms with Crippen LogP contribution in [0.5, 0.6) is 0 Å². The molecule has 2 saturated heterocycles. The molecule has 0 aromatic carbocycles. The Morgan fingerprint density at radius 1 is 1.03 bits per heavy atom. The number of esters is 1. The highest BCUT2D eigenvalue weighted by Gasteiger charge is 2.61. The van der Waals surface area contributed by atoms with Gasteiger partial charge in [-0.05, 0) is 58.0 Å². The Hall–Kier alpha value is -1.12. The van der Waals surface area contributed by atoms with Crippen molar-refractivity contribution in [2.45, 2.75) is 116 Å². The highest BCUT2D eigenvalue weighted by atomic mass is 28.4. The summed E-state index contributed by atoms with van der Waals surface area (Å²) in [4.78, 5) is 40.2. The van der Waals surface area contributed by atoms with Crippen molar-refractivity contribution in [3.05, 3.63) is 0 Å². The quantitative estimate of drug-likeness (QED) is 0.274.